The van der Waals surface area contributed by atoms with Crippen LogP contribution in [0.25, 0.3) is 0 Å². The summed E-state index contributed by atoms with van der Waals surface area (Å²) in [6.07, 6.45) is 4.27. The third kappa shape index (κ3) is 4.94. The van der Waals surface area contributed by atoms with Crippen LogP contribution in [0.2, 0.25) is 0 Å². The summed E-state index contributed by atoms with van der Waals surface area (Å²) in [5, 5.41) is 13.5. The molecule has 1 saturated heterocycles. The van der Waals surface area contributed by atoms with Gasteiger partial charge in [0.15, 0.2) is 0 Å². The van der Waals surface area contributed by atoms with Crippen LogP contribution in [0.4, 0.5) is 5.00 Å². The Balaban J connectivity index is 1.61. The first-order chi connectivity index (χ1) is 13.3. The predicted molar refractivity (Wildman–Crippen MR) is 116 cm³/mol. The van der Waals surface area contributed by atoms with E-state index in [2.05, 4.69) is 48.9 Å². The monoisotopic (exact) mass is 402 g/mol. The number of nitriles is 1. The van der Waals surface area contributed by atoms with Crippen molar-refractivity contribution in [2.75, 3.05) is 44.6 Å². The first-order valence-electron chi connectivity index (χ1n) is 10.6. The van der Waals surface area contributed by atoms with Crippen molar-refractivity contribution in [1.82, 2.24) is 9.80 Å². The lowest BCUT2D eigenvalue weighted by atomic mass is 9.72. The normalized spacial score (nSPS) is 21.2. The second kappa shape index (κ2) is 8.94. The summed E-state index contributed by atoms with van der Waals surface area (Å²) in [5.41, 5.74) is 2.16. The van der Waals surface area contributed by atoms with Crippen LogP contribution in [0.3, 0.4) is 0 Å². The Morgan fingerprint density at radius 1 is 1.25 bits per heavy atom. The molecule has 3 rings (SSSR count). The second-order valence-corrected chi connectivity index (χ2v) is 10.4. The molecule has 2 heterocycles. The number of thiophene rings is 1. The summed E-state index contributed by atoms with van der Waals surface area (Å²) in [4.78, 5) is 18.6. The lowest BCUT2D eigenvalue weighted by molar-refractivity contribution is -0.117. The fourth-order valence-electron chi connectivity index (χ4n) is 4.39. The first kappa shape index (κ1) is 21.3. The van der Waals surface area contributed by atoms with Crippen molar-refractivity contribution in [1.29, 1.82) is 5.26 Å². The summed E-state index contributed by atoms with van der Waals surface area (Å²) in [5.74, 6) is 0.638. The number of carbonyl (C=O) groups excluding carboxylic acids is 1. The van der Waals surface area contributed by atoms with Crippen LogP contribution in [0, 0.1) is 22.7 Å². The number of fused-ring (bicyclic) bond motifs is 1. The van der Waals surface area contributed by atoms with Crippen molar-refractivity contribution in [2.24, 2.45) is 11.3 Å². The molecule has 2 aliphatic rings. The zero-order chi connectivity index (χ0) is 20.3. The van der Waals surface area contributed by atoms with Gasteiger partial charge in [-0.2, -0.15) is 5.26 Å². The van der Waals surface area contributed by atoms with E-state index < -0.39 is 0 Å². The molecule has 5 nitrogen and oxygen atoms in total. The Morgan fingerprint density at radius 3 is 2.54 bits per heavy atom. The molecule has 6 heteroatoms. The highest BCUT2D eigenvalue weighted by atomic mass is 32.1. The number of nitrogens with one attached hydrogen (secondary N) is 1. The van der Waals surface area contributed by atoms with Gasteiger partial charge in [-0.1, -0.05) is 27.7 Å². The van der Waals surface area contributed by atoms with Gasteiger partial charge in [0.05, 0.1) is 12.1 Å². The van der Waals surface area contributed by atoms with Crippen LogP contribution in [0.15, 0.2) is 0 Å². The molecule has 1 atom stereocenters. The highest BCUT2D eigenvalue weighted by molar-refractivity contribution is 7.16. The summed E-state index contributed by atoms with van der Waals surface area (Å²) in [6.45, 7) is 14.6. The minimum Gasteiger partial charge on any atom is -0.315 e. The van der Waals surface area contributed by atoms with Crippen molar-refractivity contribution in [3.8, 4) is 6.07 Å². The molecule has 1 aromatic heterocycles. The summed E-state index contributed by atoms with van der Waals surface area (Å²) < 4.78 is 0. The average molecular weight is 403 g/mol. The zero-order valence-corrected chi connectivity index (χ0v) is 18.6. The van der Waals surface area contributed by atoms with Gasteiger partial charge in [-0.15, -0.1) is 11.3 Å². The van der Waals surface area contributed by atoms with Gasteiger partial charge in [-0.25, -0.2) is 0 Å². The van der Waals surface area contributed by atoms with E-state index >= 15 is 0 Å². The maximum absolute atomic E-state index is 12.6. The number of hydrogen-bond acceptors (Lipinski definition) is 5. The van der Waals surface area contributed by atoms with Crippen LogP contribution < -0.4 is 5.32 Å². The molecule has 0 aromatic carbocycles. The van der Waals surface area contributed by atoms with Gasteiger partial charge in [0.2, 0.25) is 5.91 Å². The smallest absolute Gasteiger partial charge is 0.239 e. The molecule has 1 amide bonds. The number of anilines is 1. The van der Waals surface area contributed by atoms with Crippen molar-refractivity contribution in [3.63, 3.8) is 0 Å². The maximum Gasteiger partial charge on any atom is 0.239 e. The SMILES string of the molecule is CCCN1CCN(CC(=O)Nc2sc3c(c2C#N)CC[C@H](C(C)(C)C)C3)CC1. The van der Waals surface area contributed by atoms with E-state index in [1.165, 1.54) is 16.9 Å². The lowest BCUT2D eigenvalue weighted by Crippen LogP contribution is -2.48. The molecule has 1 aromatic rings. The van der Waals surface area contributed by atoms with Crippen LogP contribution in [0.1, 0.15) is 56.5 Å². The summed E-state index contributed by atoms with van der Waals surface area (Å²) in [6, 6.07) is 2.36. The number of rotatable bonds is 5. The van der Waals surface area contributed by atoms with Crippen molar-refractivity contribution in [3.05, 3.63) is 16.0 Å². The Bertz CT molecular complexity index is 735. The van der Waals surface area contributed by atoms with Crippen molar-refractivity contribution < 1.29 is 4.79 Å². The Morgan fingerprint density at radius 2 is 1.93 bits per heavy atom. The Kier molecular flexibility index (Phi) is 6.80. The Labute approximate surface area is 173 Å². The highest BCUT2D eigenvalue weighted by Crippen LogP contribution is 2.43. The van der Waals surface area contributed by atoms with Gasteiger partial charge < -0.3 is 10.2 Å². The van der Waals surface area contributed by atoms with Crippen LogP contribution in [-0.2, 0) is 17.6 Å². The topological polar surface area (TPSA) is 59.4 Å². The highest BCUT2D eigenvalue weighted by Gasteiger charge is 2.32. The minimum absolute atomic E-state index is 0.00594. The largest absolute Gasteiger partial charge is 0.315 e. The second-order valence-electron chi connectivity index (χ2n) is 9.29. The summed E-state index contributed by atoms with van der Waals surface area (Å²) in [7, 11) is 0. The molecular weight excluding hydrogens is 368 g/mol. The summed E-state index contributed by atoms with van der Waals surface area (Å²) >= 11 is 1.62. The molecular formula is C22H34N4OS. The van der Waals surface area contributed by atoms with Crippen LogP contribution in [0.5, 0.6) is 0 Å². The molecule has 1 aliphatic carbocycles. The van der Waals surface area contributed by atoms with Gasteiger partial charge in [-0.3, -0.25) is 9.69 Å². The van der Waals surface area contributed by atoms with Crippen LogP contribution in [-0.4, -0.2) is 55.0 Å². The number of nitrogens with zero attached hydrogens (tertiary/aromatic N) is 3. The van der Waals surface area contributed by atoms with Gasteiger partial charge in [-0.05, 0) is 49.1 Å². The van der Waals surface area contributed by atoms with Crippen molar-refractivity contribution in [2.45, 2.75) is 53.4 Å². The van der Waals surface area contributed by atoms with Crippen molar-refractivity contribution >= 4 is 22.2 Å². The van der Waals surface area contributed by atoms with E-state index in [1.54, 1.807) is 11.3 Å². The number of hydrogen-bond donors (Lipinski definition) is 1. The van der Waals surface area contributed by atoms with Gasteiger partial charge in [0.25, 0.3) is 0 Å². The average Bonchev–Trinajstić information content (AvgIpc) is 2.98. The fraction of sp³-hybridized carbons (Fsp3) is 0.727. The number of piperazine rings is 1. The molecule has 0 unspecified atom stereocenters. The van der Waals surface area contributed by atoms with Gasteiger partial charge in [0.1, 0.15) is 11.1 Å². The lowest BCUT2D eigenvalue weighted by Gasteiger charge is -2.34. The molecule has 0 saturated carbocycles. The minimum atomic E-state index is 0.00594. The van der Waals surface area contributed by atoms with E-state index in [9.17, 15) is 10.1 Å². The van der Waals surface area contributed by atoms with Crippen LogP contribution >= 0.6 is 11.3 Å². The molecule has 28 heavy (non-hydrogen) atoms. The number of carbonyl (C=O) groups is 1. The van der Waals surface area contributed by atoms with Gasteiger partial charge >= 0.3 is 0 Å². The Hall–Kier alpha value is -1.42. The molecule has 0 bridgehead atoms. The zero-order valence-electron chi connectivity index (χ0n) is 17.8. The molecule has 0 radical (unpaired) electrons. The van der Waals surface area contributed by atoms with E-state index in [1.807, 2.05) is 0 Å². The quantitative estimate of drug-likeness (QED) is 0.815. The molecule has 1 fully saturated rings. The van der Waals surface area contributed by atoms with E-state index in [-0.39, 0.29) is 11.3 Å². The molecule has 1 aliphatic heterocycles. The molecule has 0 spiro atoms. The third-order valence-electron chi connectivity index (χ3n) is 6.23. The molecule has 1 N–H and O–H groups in total. The van der Waals surface area contributed by atoms with E-state index in [0.717, 1.165) is 57.0 Å². The number of amides is 1. The fourth-order valence-corrected chi connectivity index (χ4v) is 5.68. The molecule has 154 valence electrons. The van der Waals surface area contributed by atoms with Gasteiger partial charge in [0, 0.05) is 31.1 Å². The van der Waals surface area contributed by atoms with E-state index in [4.69, 9.17) is 0 Å². The standard InChI is InChI=1S/C22H34N4OS/c1-5-8-25-9-11-26(12-10-25)15-20(27)24-21-18(14-23)17-7-6-16(22(2,3)4)13-19(17)28-21/h16H,5-13,15H2,1-4H3,(H,24,27)/t16-/m0/s1. The predicted octanol–water partition coefficient (Wildman–Crippen LogP) is 3.74. The third-order valence-corrected chi connectivity index (χ3v) is 7.40. The maximum atomic E-state index is 12.6. The van der Waals surface area contributed by atoms with E-state index in [0.29, 0.717) is 18.0 Å². The first-order valence-corrected chi connectivity index (χ1v) is 11.4.